The van der Waals surface area contributed by atoms with Crippen molar-refractivity contribution >= 4 is 11.8 Å². The van der Waals surface area contributed by atoms with Crippen LogP contribution in [0.3, 0.4) is 0 Å². The zero-order chi connectivity index (χ0) is 12.8. The molecule has 1 unspecified atom stereocenters. The Morgan fingerprint density at radius 2 is 2.21 bits per heavy atom. The van der Waals surface area contributed by atoms with Crippen LogP contribution in [0.25, 0.3) is 6.08 Å². The van der Waals surface area contributed by atoms with Crippen molar-refractivity contribution in [3.05, 3.63) is 58.8 Å². The van der Waals surface area contributed by atoms with Crippen LogP contribution < -0.4 is 4.90 Å². The minimum Gasteiger partial charge on any atom is -0.344 e. The minimum absolute atomic E-state index is 0.743. The summed E-state index contributed by atoms with van der Waals surface area (Å²) in [4.78, 5) is 2.54. The van der Waals surface area contributed by atoms with Crippen molar-refractivity contribution in [2.24, 2.45) is 5.92 Å². The van der Waals surface area contributed by atoms with Crippen molar-refractivity contribution in [2.75, 3.05) is 11.4 Å². The van der Waals surface area contributed by atoms with Gasteiger partial charge in [-0.2, -0.15) is 0 Å². The lowest BCUT2D eigenvalue weighted by atomic mass is 9.97. The topological polar surface area (TPSA) is 3.24 Å². The molecular formula is C18H19N. The van der Waals surface area contributed by atoms with E-state index in [0.717, 1.165) is 12.3 Å². The summed E-state index contributed by atoms with van der Waals surface area (Å²) in [6, 6.07) is 6.77. The number of benzene rings is 1. The standard InChI is InChI=1S/C18H19N/c1-13-11-15-6-4-8-18(16(15)12-13)19-10-9-14-5-2-3-7-17(14)19/h2-4,6-8,12,14H,5,9-11H2,1H3. The SMILES string of the molecule is CC1=Cc2c(cccc2N2CCC3CC=CC=C32)C1. The molecule has 3 aliphatic rings. The molecule has 1 heteroatoms. The summed E-state index contributed by atoms with van der Waals surface area (Å²) in [5.74, 6) is 0.743. The van der Waals surface area contributed by atoms with Crippen molar-refractivity contribution in [1.29, 1.82) is 0 Å². The monoisotopic (exact) mass is 249 g/mol. The van der Waals surface area contributed by atoms with Crippen LogP contribution in [0.15, 0.2) is 47.7 Å². The molecule has 4 rings (SSSR count). The summed E-state index contributed by atoms with van der Waals surface area (Å²) in [6.45, 7) is 3.40. The highest BCUT2D eigenvalue weighted by atomic mass is 15.2. The molecule has 1 atom stereocenters. The second-order valence-corrected chi connectivity index (χ2v) is 5.91. The maximum atomic E-state index is 2.54. The molecule has 0 N–H and O–H groups in total. The van der Waals surface area contributed by atoms with Gasteiger partial charge >= 0.3 is 0 Å². The fraction of sp³-hybridized carbons (Fsp3) is 0.333. The zero-order valence-corrected chi connectivity index (χ0v) is 11.4. The van der Waals surface area contributed by atoms with Crippen LogP contribution in [0.5, 0.6) is 0 Å². The molecule has 96 valence electrons. The van der Waals surface area contributed by atoms with Crippen LogP contribution in [0, 0.1) is 5.92 Å². The Hall–Kier alpha value is -1.76. The number of hydrogen-bond acceptors (Lipinski definition) is 1. The average Bonchev–Trinajstić information content (AvgIpc) is 3.00. The van der Waals surface area contributed by atoms with Crippen LogP contribution in [0.4, 0.5) is 5.69 Å². The molecule has 0 amide bonds. The van der Waals surface area contributed by atoms with Gasteiger partial charge in [-0.15, -0.1) is 0 Å². The summed E-state index contributed by atoms with van der Waals surface area (Å²) in [7, 11) is 0. The molecule has 0 aromatic heterocycles. The first-order chi connectivity index (χ1) is 9.33. The van der Waals surface area contributed by atoms with Gasteiger partial charge in [0.25, 0.3) is 0 Å². The van der Waals surface area contributed by atoms with E-state index in [1.807, 2.05) is 0 Å². The van der Waals surface area contributed by atoms with Crippen molar-refractivity contribution in [3.8, 4) is 0 Å². The molecule has 1 nitrogen and oxygen atoms in total. The Kier molecular flexibility index (Phi) is 2.41. The Morgan fingerprint density at radius 1 is 1.26 bits per heavy atom. The number of allylic oxidation sites excluding steroid dienone is 5. The van der Waals surface area contributed by atoms with E-state index in [1.54, 1.807) is 0 Å². The number of nitrogens with zero attached hydrogens (tertiary/aromatic N) is 1. The van der Waals surface area contributed by atoms with Crippen LogP contribution in [-0.4, -0.2) is 6.54 Å². The normalized spacial score (nSPS) is 24.1. The number of hydrogen-bond donors (Lipinski definition) is 0. The molecule has 1 saturated heterocycles. The molecular weight excluding hydrogens is 230 g/mol. The maximum Gasteiger partial charge on any atom is 0.0484 e. The van der Waals surface area contributed by atoms with Crippen LogP contribution in [-0.2, 0) is 6.42 Å². The fourth-order valence-corrected chi connectivity index (χ4v) is 3.67. The van der Waals surface area contributed by atoms with E-state index in [0.29, 0.717) is 0 Å². The number of fused-ring (bicyclic) bond motifs is 2. The third kappa shape index (κ3) is 1.68. The van der Waals surface area contributed by atoms with E-state index in [2.05, 4.69) is 54.3 Å². The van der Waals surface area contributed by atoms with Gasteiger partial charge in [0.1, 0.15) is 0 Å². The van der Waals surface area contributed by atoms with Crippen LogP contribution in [0.1, 0.15) is 30.9 Å². The van der Waals surface area contributed by atoms with Crippen molar-refractivity contribution in [3.63, 3.8) is 0 Å². The van der Waals surface area contributed by atoms with Gasteiger partial charge in [-0.3, -0.25) is 0 Å². The first kappa shape index (κ1) is 11.1. The summed E-state index contributed by atoms with van der Waals surface area (Å²) in [5, 5.41) is 0. The van der Waals surface area contributed by atoms with E-state index in [1.165, 1.54) is 47.5 Å². The second kappa shape index (κ2) is 4.12. The van der Waals surface area contributed by atoms with Gasteiger partial charge in [-0.1, -0.05) is 35.9 Å². The number of anilines is 1. The van der Waals surface area contributed by atoms with Gasteiger partial charge in [0, 0.05) is 29.4 Å². The molecule has 0 saturated carbocycles. The Bertz CT molecular complexity index is 619. The molecule has 1 aliphatic heterocycles. The van der Waals surface area contributed by atoms with E-state index in [-0.39, 0.29) is 0 Å². The molecule has 2 aliphatic carbocycles. The lowest BCUT2D eigenvalue weighted by molar-refractivity contribution is 0.646. The minimum atomic E-state index is 0.743. The lowest BCUT2D eigenvalue weighted by Crippen LogP contribution is -2.19. The van der Waals surface area contributed by atoms with Gasteiger partial charge < -0.3 is 4.90 Å². The number of rotatable bonds is 1. The molecule has 0 bridgehead atoms. The summed E-state index contributed by atoms with van der Waals surface area (Å²) in [6.07, 6.45) is 12.8. The second-order valence-electron chi connectivity index (χ2n) is 5.91. The Labute approximate surface area is 114 Å². The highest BCUT2D eigenvalue weighted by Gasteiger charge is 2.30. The third-order valence-corrected chi connectivity index (χ3v) is 4.58. The third-order valence-electron chi connectivity index (χ3n) is 4.58. The lowest BCUT2D eigenvalue weighted by Gasteiger charge is -2.25. The zero-order valence-electron chi connectivity index (χ0n) is 11.4. The van der Waals surface area contributed by atoms with Gasteiger partial charge in [-0.25, -0.2) is 0 Å². The van der Waals surface area contributed by atoms with Gasteiger partial charge in [0.15, 0.2) is 0 Å². The van der Waals surface area contributed by atoms with Crippen LogP contribution >= 0.6 is 0 Å². The van der Waals surface area contributed by atoms with Crippen molar-refractivity contribution in [1.82, 2.24) is 0 Å². The fourth-order valence-electron chi connectivity index (χ4n) is 3.67. The Morgan fingerprint density at radius 3 is 3.16 bits per heavy atom. The highest BCUT2D eigenvalue weighted by molar-refractivity contribution is 5.77. The maximum absolute atomic E-state index is 2.54. The molecule has 1 aromatic rings. The van der Waals surface area contributed by atoms with E-state index in [9.17, 15) is 0 Å². The van der Waals surface area contributed by atoms with Crippen molar-refractivity contribution < 1.29 is 0 Å². The molecule has 0 spiro atoms. The molecule has 1 aromatic carbocycles. The highest BCUT2D eigenvalue weighted by Crippen LogP contribution is 2.41. The molecule has 1 heterocycles. The van der Waals surface area contributed by atoms with Crippen molar-refractivity contribution in [2.45, 2.75) is 26.2 Å². The summed E-state index contributed by atoms with van der Waals surface area (Å²) < 4.78 is 0. The largest absolute Gasteiger partial charge is 0.344 e. The van der Waals surface area contributed by atoms with E-state index in [4.69, 9.17) is 0 Å². The van der Waals surface area contributed by atoms with Gasteiger partial charge in [0.05, 0.1) is 0 Å². The summed E-state index contributed by atoms with van der Waals surface area (Å²) >= 11 is 0. The molecule has 19 heavy (non-hydrogen) atoms. The Balaban J connectivity index is 1.80. The van der Waals surface area contributed by atoms with Gasteiger partial charge in [0.2, 0.25) is 0 Å². The van der Waals surface area contributed by atoms with Gasteiger partial charge in [-0.05, 0) is 43.9 Å². The molecule has 1 fully saturated rings. The van der Waals surface area contributed by atoms with E-state index >= 15 is 0 Å². The van der Waals surface area contributed by atoms with E-state index < -0.39 is 0 Å². The first-order valence-corrected chi connectivity index (χ1v) is 7.26. The summed E-state index contributed by atoms with van der Waals surface area (Å²) in [5.41, 5.74) is 7.37. The molecule has 0 radical (unpaired) electrons. The predicted octanol–water partition coefficient (Wildman–Crippen LogP) is 4.32. The average molecular weight is 249 g/mol. The smallest absolute Gasteiger partial charge is 0.0484 e. The quantitative estimate of drug-likeness (QED) is 0.716. The predicted molar refractivity (Wildman–Crippen MR) is 81.1 cm³/mol. The first-order valence-electron chi connectivity index (χ1n) is 7.26. The van der Waals surface area contributed by atoms with Crippen LogP contribution in [0.2, 0.25) is 0 Å².